The number of amides is 1. The summed E-state index contributed by atoms with van der Waals surface area (Å²) in [5, 5.41) is 2.94. The second kappa shape index (κ2) is 8.79. The predicted octanol–water partition coefficient (Wildman–Crippen LogP) is 2.43. The second-order valence-corrected chi connectivity index (χ2v) is 7.33. The Bertz CT molecular complexity index is 880. The summed E-state index contributed by atoms with van der Waals surface area (Å²) in [5.74, 6) is -1.01. The normalized spacial score (nSPS) is 11.0. The van der Waals surface area contributed by atoms with Crippen molar-refractivity contribution in [2.75, 3.05) is 18.5 Å². The number of halogens is 1. The van der Waals surface area contributed by atoms with Crippen LogP contribution in [0.4, 0.5) is 5.69 Å². The van der Waals surface area contributed by atoms with Crippen molar-refractivity contribution in [3.63, 3.8) is 0 Å². The van der Waals surface area contributed by atoms with E-state index in [1.165, 1.54) is 48.5 Å². The summed E-state index contributed by atoms with van der Waals surface area (Å²) in [7, 11) is -3.82. The van der Waals surface area contributed by atoms with Gasteiger partial charge in [0.05, 0.1) is 23.6 Å². The van der Waals surface area contributed by atoms with Gasteiger partial charge in [-0.1, -0.05) is 11.6 Å². The molecule has 0 heterocycles. The number of esters is 1. The minimum absolute atomic E-state index is 0.00786. The van der Waals surface area contributed by atoms with E-state index in [9.17, 15) is 18.0 Å². The fourth-order valence-electron chi connectivity index (χ4n) is 1.97. The fourth-order valence-corrected chi connectivity index (χ4v) is 3.08. The Balaban J connectivity index is 1.92. The summed E-state index contributed by atoms with van der Waals surface area (Å²) in [6.07, 6.45) is 0. The van der Waals surface area contributed by atoms with Crippen molar-refractivity contribution < 1.29 is 22.7 Å². The van der Waals surface area contributed by atoms with Crippen LogP contribution < -0.4 is 10.0 Å². The molecule has 0 aliphatic rings. The minimum atomic E-state index is -3.82. The molecule has 0 saturated carbocycles. The number of carbonyl (C=O) groups is 2. The zero-order valence-corrected chi connectivity index (χ0v) is 15.4. The molecule has 0 fully saturated rings. The fraction of sp³-hybridized carbons (Fsp3) is 0.176. The Morgan fingerprint density at radius 1 is 1.04 bits per heavy atom. The quantitative estimate of drug-likeness (QED) is 0.700. The SMILES string of the molecule is CCOC(=O)c1ccc(NC(=O)CNS(=O)(=O)c2ccc(Cl)cc2)cc1. The largest absolute Gasteiger partial charge is 0.462 e. The maximum Gasteiger partial charge on any atom is 0.338 e. The van der Waals surface area contributed by atoms with Gasteiger partial charge in [0.2, 0.25) is 15.9 Å². The van der Waals surface area contributed by atoms with Gasteiger partial charge >= 0.3 is 5.97 Å². The Kier molecular flexibility index (Phi) is 6.73. The predicted molar refractivity (Wildman–Crippen MR) is 97.7 cm³/mol. The molecule has 7 nitrogen and oxygen atoms in total. The van der Waals surface area contributed by atoms with Gasteiger partial charge in [0.1, 0.15) is 0 Å². The number of sulfonamides is 1. The molecule has 0 spiro atoms. The molecule has 0 aliphatic carbocycles. The second-order valence-electron chi connectivity index (χ2n) is 5.12. The van der Waals surface area contributed by atoms with Crippen LogP contribution in [0.1, 0.15) is 17.3 Å². The number of hydrogen-bond donors (Lipinski definition) is 2. The molecular formula is C17H17ClN2O5S. The van der Waals surface area contributed by atoms with Gasteiger partial charge in [-0.05, 0) is 55.5 Å². The summed E-state index contributed by atoms with van der Waals surface area (Å²) in [6, 6.07) is 11.6. The maximum atomic E-state index is 12.1. The Morgan fingerprint density at radius 3 is 2.23 bits per heavy atom. The minimum Gasteiger partial charge on any atom is -0.462 e. The van der Waals surface area contributed by atoms with Crippen LogP contribution in [0.2, 0.25) is 5.02 Å². The molecule has 0 radical (unpaired) electrons. The first kappa shape index (κ1) is 19.9. The molecule has 9 heteroatoms. The van der Waals surface area contributed by atoms with Gasteiger partial charge in [-0.3, -0.25) is 4.79 Å². The summed E-state index contributed by atoms with van der Waals surface area (Å²) in [4.78, 5) is 23.5. The molecule has 0 aromatic heterocycles. The van der Waals surface area contributed by atoms with Crippen molar-refractivity contribution in [1.29, 1.82) is 0 Å². The lowest BCUT2D eigenvalue weighted by atomic mass is 10.2. The van der Waals surface area contributed by atoms with E-state index in [1.807, 2.05) is 0 Å². The lowest BCUT2D eigenvalue weighted by Crippen LogP contribution is -2.32. The topological polar surface area (TPSA) is 102 Å². The molecule has 2 aromatic carbocycles. The smallest absolute Gasteiger partial charge is 0.338 e. The van der Waals surface area contributed by atoms with Crippen LogP contribution in [0.15, 0.2) is 53.4 Å². The van der Waals surface area contributed by atoms with E-state index in [1.54, 1.807) is 6.92 Å². The van der Waals surface area contributed by atoms with Crippen LogP contribution in [0, 0.1) is 0 Å². The van der Waals surface area contributed by atoms with Gasteiger partial charge in [-0.25, -0.2) is 17.9 Å². The van der Waals surface area contributed by atoms with Gasteiger partial charge in [0.15, 0.2) is 0 Å². The maximum absolute atomic E-state index is 12.1. The lowest BCUT2D eigenvalue weighted by molar-refractivity contribution is -0.115. The van der Waals surface area contributed by atoms with E-state index in [2.05, 4.69) is 10.0 Å². The zero-order chi connectivity index (χ0) is 19.2. The van der Waals surface area contributed by atoms with Crippen molar-refractivity contribution >= 4 is 39.2 Å². The molecule has 2 aromatic rings. The molecule has 0 atom stereocenters. The highest BCUT2D eigenvalue weighted by atomic mass is 35.5. The number of carbonyl (C=O) groups excluding carboxylic acids is 2. The van der Waals surface area contributed by atoms with Crippen LogP contribution in [0.5, 0.6) is 0 Å². The van der Waals surface area contributed by atoms with Crippen molar-refractivity contribution in [1.82, 2.24) is 4.72 Å². The number of nitrogens with one attached hydrogen (secondary N) is 2. The van der Waals surface area contributed by atoms with E-state index in [0.717, 1.165) is 0 Å². The van der Waals surface area contributed by atoms with Gasteiger partial charge < -0.3 is 10.1 Å². The average molecular weight is 397 g/mol. The zero-order valence-electron chi connectivity index (χ0n) is 13.9. The van der Waals surface area contributed by atoms with Crippen LogP contribution in [-0.2, 0) is 19.6 Å². The summed E-state index contributed by atoms with van der Waals surface area (Å²) in [6.45, 7) is 1.53. The van der Waals surface area contributed by atoms with Gasteiger partial charge in [-0.2, -0.15) is 0 Å². The van der Waals surface area contributed by atoms with Gasteiger partial charge in [-0.15, -0.1) is 0 Å². The van der Waals surface area contributed by atoms with Crippen LogP contribution in [-0.4, -0.2) is 33.4 Å². The van der Waals surface area contributed by atoms with Crippen molar-refractivity contribution in [2.45, 2.75) is 11.8 Å². The molecule has 2 N–H and O–H groups in total. The summed E-state index contributed by atoms with van der Waals surface area (Å²) in [5.41, 5.74) is 0.780. The van der Waals surface area contributed by atoms with E-state index in [-0.39, 0.29) is 11.5 Å². The molecule has 0 aliphatic heterocycles. The van der Waals surface area contributed by atoms with E-state index in [0.29, 0.717) is 16.3 Å². The molecule has 0 saturated heterocycles. The van der Waals surface area contributed by atoms with Crippen molar-refractivity contribution in [3.05, 3.63) is 59.1 Å². The number of anilines is 1. The van der Waals surface area contributed by atoms with Crippen LogP contribution >= 0.6 is 11.6 Å². The van der Waals surface area contributed by atoms with Crippen molar-refractivity contribution in [3.8, 4) is 0 Å². The third kappa shape index (κ3) is 5.55. The highest BCUT2D eigenvalue weighted by molar-refractivity contribution is 7.89. The first-order valence-corrected chi connectivity index (χ1v) is 9.50. The van der Waals surface area contributed by atoms with E-state index < -0.39 is 28.4 Å². The van der Waals surface area contributed by atoms with Gasteiger partial charge in [0, 0.05) is 10.7 Å². The molecule has 2 rings (SSSR count). The highest BCUT2D eigenvalue weighted by Gasteiger charge is 2.15. The molecule has 138 valence electrons. The molecule has 26 heavy (non-hydrogen) atoms. The first-order valence-electron chi connectivity index (χ1n) is 7.64. The third-order valence-corrected chi connectivity index (χ3v) is 4.90. The van der Waals surface area contributed by atoms with E-state index >= 15 is 0 Å². The number of benzene rings is 2. The average Bonchev–Trinajstić information content (AvgIpc) is 2.61. The highest BCUT2D eigenvalue weighted by Crippen LogP contribution is 2.14. The monoisotopic (exact) mass is 396 g/mol. The molecule has 0 bridgehead atoms. The molecule has 0 unspecified atom stereocenters. The van der Waals surface area contributed by atoms with Gasteiger partial charge in [0.25, 0.3) is 0 Å². The molecule has 1 amide bonds. The van der Waals surface area contributed by atoms with Crippen LogP contribution in [0.3, 0.4) is 0 Å². The summed E-state index contributed by atoms with van der Waals surface area (Å²) < 4.78 is 31.3. The van der Waals surface area contributed by atoms with E-state index in [4.69, 9.17) is 16.3 Å². The third-order valence-electron chi connectivity index (χ3n) is 3.23. The van der Waals surface area contributed by atoms with Crippen molar-refractivity contribution in [2.24, 2.45) is 0 Å². The summed E-state index contributed by atoms with van der Waals surface area (Å²) >= 11 is 5.72. The number of rotatable bonds is 7. The number of hydrogen-bond acceptors (Lipinski definition) is 5. The Labute approximate surface area is 156 Å². The Morgan fingerprint density at radius 2 is 1.65 bits per heavy atom. The Hall–Kier alpha value is -2.42. The lowest BCUT2D eigenvalue weighted by Gasteiger charge is -2.08. The van der Waals surface area contributed by atoms with Crippen LogP contribution in [0.25, 0.3) is 0 Å². The molecular weight excluding hydrogens is 380 g/mol. The standard InChI is InChI=1S/C17H17ClN2O5S/c1-2-25-17(22)12-3-7-14(8-4-12)20-16(21)11-19-26(23,24)15-9-5-13(18)6-10-15/h3-10,19H,2,11H2,1H3,(H,20,21). The first-order chi connectivity index (χ1) is 12.3. The number of ether oxygens (including phenoxy) is 1.